The molecular formula is C34H29N7O2. The van der Waals surface area contributed by atoms with Crippen LogP contribution in [0.2, 0.25) is 0 Å². The highest BCUT2D eigenvalue weighted by atomic mass is 16.5. The molecule has 0 saturated carbocycles. The topological polar surface area (TPSA) is 96.1 Å². The van der Waals surface area contributed by atoms with Gasteiger partial charge in [0.15, 0.2) is 17.5 Å². The average molecular weight is 568 g/mol. The lowest BCUT2D eigenvalue weighted by molar-refractivity contribution is -0.114. The highest BCUT2D eigenvalue weighted by Crippen LogP contribution is 2.49. The molecule has 1 atom stereocenters. The van der Waals surface area contributed by atoms with Crippen molar-refractivity contribution in [3.8, 4) is 11.4 Å². The molecule has 7 rings (SSSR count). The maximum atomic E-state index is 11.5. The number of nitrogens with zero attached hydrogens (tertiary/aromatic N) is 5. The Morgan fingerprint density at radius 3 is 2.30 bits per heavy atom. The van der Waals surface area contributed by atoms with Crippen molar-refractivity contribution in [2.45, 2.75) is 19.9 Å². The van der Waals surface area contributed by atoms with E-state index in [1.54, 1.807) is 7.11 Å². The van der Waals surface area contributed by atoms with Crippen molar-refractivity contribution < 1.29 is 9.53 Å². The molecule has 2 aliphatic heterocycles. The van der Waals surface area contributed by atoms with E-state index in [4.69, 9.17) is 19.8 Å². The summed E-state index contributed by atoms with van der Waals surface area (Å²) in [7, 11) is 1.70. The van der Waals surface area contributed by atoms with Crippen LogP contribution in [0.5, 0.6) is 5.75 Å². The van der Waals surface area contributed by atoms with Gasteiger partial charge >= 0.3 is 0 Å². The van der Waals surface area contributed by atoms with E-state index in [0.717, 1.165) is 51.1 Å². The van der Waals surface area contributed by atoms with Gasteiger partial charge in [-0.05, 0) is 61.5 Å². The van der Waals surface area contributed by atoms with Crippen molar-refractivity contribution in [3.05, 3.63) is 120 Å². The molecule has 0 bridgehead atoms. The second-order valence-electron chi connectivity index (χ2n) is 10.4. The lowest BCUT2D eigenvalue weighted by Gasteiger charge is -2.41. The number of carbonyl (C=O) groups excluding carboxylic acids is 1. The second kappa shape index (κ2) is 10.6. The van der Waals surface area contributed by atoms with E-state index in [-0.39, 0.29) is 11.9 Å². The lowest BCUT2D eigenvalue weighted by Crippen LogP contribution is -2.46. The predicted molar refractivity (Wildman–Crippen MR) is 171 cm³/mol. The van der Waals surface area contributed by atoms with Crippen LogP contribution in [0.25, 0.3) is 5.69 Å². The highest BCUT2D eigenvalue weighted by Gasteiger charge is 2.42. The molecule has 3 heterocycles. The Bertz CT molecular complexity index is 1910. The van der Waals surface area contributed by atoms with Gasteiger partial charge in [-0.3, -0.25) is 4.79 Å². The Kier molecular flexibility index (Phi) is 6.47. The number of methoxy groups -OCH3 is 1. The number of aryl methyl sites for hydroxylation is 1. The number of anilines is 3. The van der Waals surface area contributed by atoms with Crippen LogP contribution in [0.1, 0.15) is 29.8 Å². The fourth-order valence-corrected chi connectivity index (χ4v) is 5.71. The number of aromatic nitrogens is 2. The molecule has 0 fully saturated rings. The smallest absolute Gasteiger partial charge is 0.221 e. The number of hydrogen-bond donors (Lipinski definition) is 2. The predicted octanol–water partition coefficient (Wildman–Crippen LogP) is 6.94. The van der Waals surface area contributed by atoms with Crippen molar-refractivity contribution >= 4 is 46.1 Å². The van der Waals surface area contributed by atoms with Crippen LogP contribution in [0.3, 0.4) is 0 Å². The standard InChI is InChI=1S/C34H29N7O2/c1-21-30-31(26-13-7-10-16-29(26)43-3)40-28-15-9-8-14-27(28)37-32(36-24-19-17-23(18-20-24)35-22(2)42)34(40)38-33(30)41(39-21)25-11-5-4-6-12-25/h4-20,31H,1-3H3,(H,35,42)(H,36,37). The van der Waals surface area contributed by atoms with Crippen LogP contribution < -0.4 is 20.3 Å². The summed E-state index contributed by atoms with van der Waals surface area (Å²) in [5.74, 6) is 2.64. The molecule has 4 aromatic carbocycles. The number of para-hydroxylation sites is 4. The maximum Gasteiger partial charge on any atom is 0.221 e. The van der Waals surface area contributed by atoms with Gasteiger partial charge in [-0.1, -0.05) is 48.5 Å². The number of hydrogen-bond acceptors (Lipinski definition) is 7. The van der Waals surface area contributed by atoms with Gasteiger partial charge in [0.1, 0.15) is 5.75 Å². The Morgan fingerprint density at radius 2 is 1.53 bits per heavy atom. The van der Waals surface area contributed by atoms with E-state index in [1.807, 2.05) is 103 Å². The van der Waals surface area contributed by atoms with Crippen LogP contribution >= 0.6 is 0 Å². The second-order valence-corrected chi connectivity index (χ2v) is 10.4. The molecule has 1 aromatic heterocycles. The van der Waals surface area contributed by atoms with Gasteiger partial charge < -0.3 is 20.3 Å². The van der Waals surface area contributed by atoms with Crippen molar-refractivity contribution in [2.24, 2.45) is 9.98 Å². The summed E-state index contributed by atoms with van der Waals surface area (Å²) in [4.78, 5) is 24.1. The minimum Gasteiger partial charge on any atom is -0.496 e. The highest BCUT2D eigenvalue weighted by molar-refractivity contribution is 6.51. The van der Waals surface area contributed by atoms with Gasteiger partial charge in [0, 0.05) is 29.4 Å². The number of fused-ring (bicyclic) bond motifs is 4. The van der Waals surface area contributed by atoms with Gasteiger partial charge in [-0.15, -0.1) is 0 Å². The third-order valence-corrected chi connectivity index (χ3v) is 7.54. The summed E-state index contributed by atoms with van der Waals surface area (Å²) in [6.07, 6.45) is 0. The molecule has 2 N–H and O–H groups in total. The fraction of sp³-hybridized carbons (Fsp3) is 0.118. The molecule has 1 unspecified atom stereocenters. The van der Waals surface area contributed by atoms with Gasteiger partial charge in [0.2, 0.25) is 5.91 Å². The van der Waals surface area contributed by atoms with E-state index >= 15 is 0 Å². The number of nitrogens with one attached hydrogen (secondary N) is 2. The quantitative estimate of drug-likeness (QED) is 0.240. The Balaban J connectivity index is 1.45. The Labute approximate surface area is 249 Å². The van der Waals surface area contributed by atoms with Crippen molar-refractivity contribution in [1.29, 1.82) is 0 Å². The first-order chi connectivity index (χ1) is 21.0. The van der Waals surface area contributed by atoms with Crippen molar-refractivity contribution in [3.63, 3.8) is 0 Å². The number of amidine groups is 2. The molecule has 1 amide bonds. The largest absolute Gasteiger partial charge is 0.496 e. The zero-order valence-corrected chi connectivity index (χ0v) is 23.9. The zero-order chi connectivity index (χ0) is 29.5. The number of aliphatic imine (C=N–C) groups is 2. The average Bonchev–Trinajstić information content (AvgIpc) is 3.37. The number of amides is 1. The summed E-state index contributed by atoms with van der Waals surface area (Å²) in [5, 5.41) is 11.3. The normalized spacial score (nSPS) is 15.0. The molecule has 9 nitrogen and oxygen atoms in total. The van der Waals surface area contributed by atoms with Gasteiger partial charge in [-0.2, -0.15) is 5.10 Å². The molecule has 43 heavy (non-hydrogen) atoms. The number of benzene rings is 4. The van der Waals surface area contributed by atoms with Crippen LogP contribution in [-0.2, 0) is 4.79 Å². The summed E-state index contributed by atoms with van der Waals surface area (Å²) < 4.78 is 7.80. The SMILES string of the molecule is COc1ccccc1C1c2c(C)nn(-c3ccccc3)c2N=C2C(Nc3ccc(NC(C)=O)cc3)=Nc3ccccc3N21. The molecule has 0 radical (unpaired) electrons. The van der Waals surface area contributed by atoms with E-state index in [0.29, 0.717) is 17.4 Å². The minimum absolute atomic E-state index is 0.121. The summed E-state index contributed by atoms with van der Waals surface area (Å²) in [5.41, 5.74) is 7.05. The third kappa shape index (κ3) is 4.61. The first-order valence-electron chi connectivity index (χ1n) is 14.0. The maximum absolute atomic E-state index is 11.5. The summed E-state index contributed by atoms with van der Waals surface area (Å²) in [6, 6.07) is 33.4. The number of rotatable bonds is 5. The molecule has 5 aromatic rings. The van der Waals surface area contributed by atoms with Crippen LogP contribution in [0.15, 0.2) is 113 Å². The van der Waals surface area contributed by atoms with E-state index in [1.165, 1.54) is 6.92 Å². The number of ether oxygens (including phenoxy) is 1. The van der Waals surface area contributed by atoms with Crippen LogP contribution in [0.4, 0.5) is 28.6 Å². The molecule has 212 valence electrons. The molecule has 2 aliphatic rings. The lowest BCUT2D eigenvalue weighted by atomic mass is 9.92. The number of carbonyl (C=O) groups is 1. The Morgan fingerprint density at radius 1 is 0.837 bits per heavy atom. The van der Waals surface area contributed by atoms with E-state index in [9.17, 15) is 4.79 Å². The third-order valence-electron chi connectivity index (χ3n) is 7.54. The van der Waals surface area contributed by atoms with Crippen molar-refractivity contribution in [2.75, 3.05) is 22.6 Å². The molecule has 0 spiro atoms. The summed E-state index contributed by atoms with van der Waals surface area (Å²) in [6.45, 7) is 3.52. The van der Waals surface area contributed by atoms with E-state index in [2.05, 4.69) is 27.7 Å². The Hall–Kier alpha value is -5.70. The molecule has 0 aliphatic carbocycles. The van der Waals surface area contributed by atoms with Crippen LogP contribution in [0, 0.1) is 6.92 Å². The minimum atomic E-state index is -0.299. The van der Waals surface area contributed by atoms with Gasteiger partial charge in [0.25, 0.3) is 0 Å². The van der Waals surface area contributed by atoms with Crippen molar-refractivity contribution in [1.82, 2.24) is 9.78 Å². The van der Waals surface area contributed by atoms with Crippen LogP contribution in [-0.4, -0.2) is 34.5 Å². The monoisotopic (exact) mass is 567 g/mol. The fourth-order valence-electron chi connectivity index (χ4n) is 5.71. The molecule has 9 heteroatoms. The first kappa shape index (κ1) is 26.2. The molecular weight excluding hydrogens is 538 g/mol. The zero-order valence-electron chi connectivity index (χ0n) is 23.9. The van der Waals surface area contributed by atoms with Gasteiger partial charge in [-0.25, -0.2) is 14.7 Å². The first-order valence-corrected chi connectivity index (χ1v) is 14.0. The van der Waals surface area contributed by atoms with Gasteiger partial charge in [0.05, 0.1) is 35.9 Å². The molecule has 0 saturated heterocycles. The summed E-state index contributed by atoms with van der Waals surface area (Å²) >= 11 is 0. The van der Waals surface area contributed by atoms with E-state index < -0.39 is 0 Å².